The molecule has 1 aromatic heterocycles. The summed E-state index contributed by atoms with van der Waals surface area (Å²) in [4.78, 5) is 0. The van der Waals surface area contributed by atoms with Crippen LogP contribution in [0, 0.1) is 6.92 Å². The molecule has 1 aromatic rings. The summed E-state index contributed by atoms with van der Waals surface area (Å²) >= 11 is 6.16. The molecule has 0 bridgehead atoms. The van der Waals surface area contributed by atoms with Crippen molar-refractivity contribution in [2.75, 3.05) is 0 Å². The summed E-state index contributed by atoms with van der Waals surface area (Å²) in [5, 5.41) is 15.0. The van der Waals surface area contributed by atoms with E-state index in [9.17, 15) is 5.11 Å². The van der Waals surface area contributed by atoms with Crippen molar-refractivity contribution in [3.63, 3.8) is 0 Å². The first kappa shape index (κ1) is 17.5. The maximum atomic E-state index is 10.2. The molecule has 0 saturated carbocycles. The van der Waals surface area contributed by atoms with Gasteiger partial charge in [0.05, 0.1) is 11.8 Å². The summed E-state index contributed by atoms with van der Waals surface area (Å²) in [6.45, 7) is 4.14. The average molecular weight is 301 g/mol. The fraction of sp³-hybridized carbons (Fsp3) is 0.812. The number of rotatable bonds is 10. The normalized spacial score (nSPS) is 12.8. The van der Waals surface area contributed by atoms with Crippen molar-refractivity contribution in [2.45, 2.75) is 77.7 Å². The number of aliphatic hydroxyl groups excluding tert-OH is 1. The Morgan fingerprint density at radius 1 is 1.10 bits per heavy atom. The Hall–Kier alpha value is -0.540. The molecular weight excluding hydrogens is 272 g/mol. The molecule has 0 aromatic carbocycles. The highest BCUT2D eigenvalue weighted by molar-refractivity contribution is 6.30. The molecule has 1 heterocycles. The number of nitrogens with zero attached hydrogens (tertiary/aromatic N) is 2. The van der Waals surface area contributed by atoms with Crippen molar-refractivity contribution in [2.24, 2.45) is 7.05 Å². The summed E-state index contributed by atoms with van der Waals surface area (Å²) in [6, 6.07) is 0. The number of aryl methyl sites for hydroxylation is 2. The lowest BCUT2D eigenvalue weighted by molar-refractivity contribution is 0.162. The van der Waals surface area contributed by atoms with Crippen LogP contribution in [-0.4, -0.2) is 14.9 Å². The molecule has 1 atom stereocenters. The lowest BCUT2D eigenvalue weighted by atomic mass is 10.0. The van der Waals surface area contributed by atoms with Crippen LogP contribution in [0.2, 0.25) is 5.15 Å². The minimum Gasteiger partial charge on any atom is -0.388 e. The SMILES string of the molecule is CCCCCCCCCCC(O)c1c(C)nn(C)c1Cl. The zero-order chi connectivity index (χ0) is 15.0. The third-order valence-electron chi connectivity index (χ3n) is 3.86. The number of unbranched alkanes of at least 4 members (excludes halogenated alkanes) is 7. The van der Waals surface area contributed by atoms with Gasteiger partial charge >= 0.3 is 0 Å². The summed E-state index contributed by atoms with van der Waals surface area (Å²) in [5.41, 5.74) is 1.64. The molecule has 0 saturated heterocycles. The summed E-state index contributed by atoms with van der Waals surface area (Å²) < 4.78 is 1.63. The van der Waals surface area contributed by atoms with Crippen molar-refractivity contribution < 1.29 is 5.11 Å². The Kier molecular flexibility index (Phi) is 8.24. The predicted octanol–water partition coefficient (Wildman–Crippen LogP) is 4.95. The molecule has 0 aliphatic carbocycles. The first-order valence-electron chi connectivity index (χ1n) is 7.95. The Morgan fingerprint density at radius 2 is 1.65 bits per heavy atom. The lowest BCUT2D eigenvalue weighted by Crippen LogP contribution is -1.99. The fourth-order valence-corrected chi connectivity index (χ4v) is 2.94. The van der Waals surface area contributed by atoms with Gasteiger partial charge in [0.15, 0.2) is 0 Å². The third kappa shape index (κ3) is 5.45. The second-order valence-corrected chi connectivity index (χ2v) is 6.05. The van der Waals surface area contributed by atoms with Gasteiger partial charge in [0.25, 0.3) is 0 Å². The highest BCUT2D eigenvalue weighted by Crippen LogP contribution is 2.29. The summed E-state index contributed by atoms with van der Waals surface area (Å²) in [7, 11) is 1.81. The molecule has 4 heteroatoms. The van der Waals surface area contributed by atoms with Gasteiger partial charge in [0.1, 0.15) is 5.15 Å². The molecule has 1 rings (SSSR count). The number of hydrogen-bond acceptors (Lipinski definition) is 2. The van der Waals surface area contributed by atoms with Crippen LogP contribution in [0.3, 0.4) is 0 Å². The van der Waals surface area contributed by atoms with Gasteiger partial charge in [-0.05, 0) is 13.3 Å². The van der Waals surface area contributed by atoms with E-state index < -0.39 is 6.10 Å². The molecule has 1 unspecified atom stereocenters. The minimum atomic E-state index is -0.476. The molecule has 20 heavy (non-hydrogen) atoms. The van der Waals surface area contributed by atoms with E-state index in [2.05, 4.69) is 12.0 Å². The zero-order valence-electron chi connectivity index (χ0n) is 13.2. The Morgan fingerprint density at radius 3 is 2.15 bits per heavy atom. The van der Waals surface area contributed by atoms with E-state index in [4.69, 9.17) is 11.6 Å². The van der Waals surface area contributed by atoms with E-state index in [1.807, 2.05) is 14.0 Å². The standard InChI is InChI=1S/C16H29ClN2O/c1-4-5-6-7-8-9-10-11-12-14(20)15-13(2)18-19(3)16(15)17/h14,20H,4-12H2,1-3H3. The maximum Gasteiger partial charge on any atom is 0.132 e. The molecule has 0 amide bonds. The first-order chi connectivity index (χ1) is 9.57. The number of aliphatic hydroxyl groups is 1. The summed E-state index contributed by atoms with van der Waals surface area (Å²) in [5.74, 6) is 0. The molecule has 1 N–H and O–H groups in total. The second-order valence-electron chi connectivity index (χ2n) is 5.69. The van der Waals surface area contributed by atoms with Crippen molar-refractivity contribution in [1.82, 2.24) is 9.78 Å². The van der Waals surface area contributed by atoms with Gasteiger partial charge in [-0.1, -0.05) is 69.9 Å². The topological polar surface area (TPSA) is 38.1 Å². The maximum absolute atomic E-state index is 10.2. The third-order valence-corrected chi connectivity index (χ3v) is 4.31. The molecule has 116 valence electrons. The fourth-order valence-electron chi connectivity index (χ4n) is 2.64. The predicted molar refractivity (Wildman–Crippen MR) is 85.1 cm³/mol. The highest BCUT2D eigenvalue weighted by atomic mass is 35.5. The Labute approximate surface area is 128 Å². The molecule has 0 aliphatic heterocycles. The van der Waals surface area contributed by atoms with E-state index in [0.717, 1.165) is 24.1 Å². The van der Waals surface area contributed by atoms with Crippen LogP contribution in [0.1, 0.15) is 82.1 Å². The Bertz CT molecular complexity index is 390. The van der Waals surface area contributed by atoms with Gasteiger partial charge in [-0.2, -0.15) is 5.10 Å². The van der Waals surface area contributed by atoms with Crippen LogP contribution in [0.4, 0.5) is 0 Å². The van der Waals surface area contributed by atoms with Crippen molar-refractivity contribution in [3.05, 3.63) is 16.4 Å². The quantitative estimate of drug-likeness (QED) is 0.621. The van der Waals surface area contributed by atoms with E-state index >= 15 is 0 Å². The van der Waals surface area contributed by atoms with Gasteiger partial charge < -0.3 is 5.11 Å². The molecule has 0 aliphatic rings. The van der Waals surface area contributed by atoms with Gasteiger partial charge in [0, 0.05) is 12.6 Å². The second kappa shape index (κ2) is 9.41. The number of halogens is 1. The first-order valence-corrected chi connectivity index (χ1v) is 8.32. The van der Waals surface area contributed by atoms with Gasteiger partial charge in [-0.25, -0.2) is 0 Å². The van der Waals surface area contributed by atoms with Crippen LogP contribution in [0.25, 0.3) is 0 Å². The lowest BCUT2D eigenvalue weighted by Gasteiger charge is -2.10. The van der Waals surface area contributed by atoms with Crippen molar-refractivity contribution in [3.8, 4) is 0 Å². The van der Waals surface area contributed by atoms with Gasteiger partial charge in [-0.3, -0.25) is 4.68 Å². The molecule has 0 spiro atoms. The van der Waals surface area contributed by atoms with Crippen LogP contribution < -0.4 is 0 Å². The highest BCUT2D eigenvalue weighted by Gasteiger charge is 2.18. The smallest absolute Gasteiger partial charge is 0.132 e. The summed E-state index contributed by atoms with van der Waals surface area (Å²) in [6.07, 6.45) is 10.5. The van der Waals surface area contributed by atoms with Gasteiger partial charge in [-0.15, -0.1) is 0 Å². The van der Waals surface area contributed by atoms with Crippen LogP contribution in [0.5, 0.6) is 0 Å². The molecule has 3 nitrogen and oxygen atoms in total. The monoisotopic (exact) mass is 300 g/mol. The largest absolute Gasteiger partial charge is 0.388 e. The van der Waals surface area contributed by atoms with Crippen molar-refractivity contribution in [1.29, 1.82) is 0 Å². The van der Waals surface area contributed by atoms with E-state index in [-0.39, 0.29) is 0 Å². The Balaban J connectivity index is 2.19. The zero-order valence-corrected chi connectivity index (χ0v) is 13.9. The van der Waals surface area contributed by atoms with Crippen LogP contribution in [-0.2, 0) is 7.05 Å². The molecule has 0 fully saturated rings. The van der Waals surface area contributed by atoms with E-state index in [1.54, 1.807) is 4.68 Å². The number of hydrogen-bond donors (Lipinski definition) is 1. The van der Waals surface area contributed by atoms with Crippen molar-refractivity contribution >= 4 is 11.6 Å². The van der Waals surface area contributed by atoms with E-state index in [1.165, 1.54) is 44.9 Å². The van der Waals surface area contributed by atoms with Gasteiger partial charge in [0.2, 0.25) is 0 Å². The van der Waals surface area contributed by atoms with Crippen LogP contribution >= 0.6 is 11.6 Å². The van der Waals surface area contributed by atoms with E-state index in [0.29, 0.717) is 5.15 Å². The molecule has 0 radical (unpaired) electrons. The number of aromatic nitrogens is 2. The average Bonchev–Trinajstić information content (AvgIpc) is 2.66. The minimum absolute atomic E-state index is 0.476. The molecular formula is C16H29ClN2O. The van der Waals surface area contributed by atoms with Crippen LogP contribution in [0.15, 0.2) is 0 Å².